The summed E-state index contributed by atoms with van der Waals surface area (Å²) in [4.78, 5) is 43.4. The molecule has 1 saturated heterocycles. The minimum absolute atomic E-state index is 0.0104. The zero-order valence-corrected chi connectivity index (χ0v) is 23.2. The number of rotatable bonds is 17. The molecule has 1 aliphatic rings. The Kier molecular flexibility index (Phi) is 13.0. The van der Waals surface area contributed by atoms with Gasteiger partial charge in [0.25, 0.3) is 0 Å². The Morgan fingerprint density at radius 2 is 2.14 bits per heavy atom. The summed E-state index contributed by atoms with van der Waals surface area (Å²) in [7, 11) is -1.22. The largest absolute Gasteiger partial charge is 0.466 e. The van der Waals surface area contributed by atoms with Crippen molar-refractivity contribution in [2.75, 3.05) is 31.7 Å². The van der Waals surface area contributed by atoms with Gasteiger partial charge in [-0.1, -0.05) is 6.42 Å². The third-order valence-electron chi connectivity index (χ3n) is 5.67. The van der Waals surface area contributed by atoms with Crippen LogP contribution in [0.25, 0.3) is 0 Å². The number of anilines is 1. The average molecular weight is 542 g/mol. The highest BCUT2D eigenvalue weighted by atomic mass is 31.2. The summed E-state index contributed by atoms with van der Waals surface area (Å²) in [5, 5.41) is 3.22. The molecule has 0 bridgehead atoms. The van der Waals surface area contributed by atoms with Crippen molar-refractivity contribution in [3.63, 3.8) is 0 Å². The Labute approximate surface area is 221 Å². The van der Waals surface area contributed by atoms with Crippen LogP contribution in [-0.4, -0.2) is 66.3 Å². The molecule has 4 atom stereocenters. The summed E-state index contributed by atoms with van der Waals surface area (Å²) in [5.74, 6) is 0.185. The number of aromatic nitrogens is 2. The van der Waals surface area contributed by atoms with Crippen LogP contribution in [0.1, 0.15) is 78.9 Å². The van der Waals surface area contributed by atoms with Gasteiger partial charge >= 0.3 is 11.7 Å². The van der Waals surface area contributed by atoms with E-state index in [1.165, 1.54) is 17.9 Å². The number of ketones is 1. The molecule has 0 radical (unpaired) electrons. The van der Waals surface area contributed by atoms with Crippen molar-refractivity contribution in [3.05, 3.63) is 22.2 Å². The normalized spacial score (nSPS) is 20.5. The van der Waals surface area contributed by atoms with Crippen LogP contribution in [0, 0.1) is 6.92 Å². The Morgan fingerprint density at radius 1 is 1.35 bits per heavy atom. The monoisotopic (exact) mass is 541 g/mol. The van der Waals surface area contributed by atoms with Crippen LogP contribution < -0.4 is 11.0 Å². The van der Waals surface area contributed by atoms with E-state index in [4.69, 9.17) is 19.9 Å². The van der Waals surface area contributed by atoms with E-state index in [1.807, 2.05) is 20.5 Å². The average Bonchev–Trinajstić information content (AvgIpc) is 3.28. The van der Waals surface area contributed by atoms with Crippen molar-refractivity contribution in [2.45, 2.75) is 91.1 Å². The fourth-order valence-corrected chi connectivity index (χ4v) is 4.50. The van der Waals surface area contributed by atoms with E-state index in [0.29, 0.717) is 31.9 Å². The molecule has 4 unspecified atom stereocenters. The van der Waals surface area contributed by atoms with E-state index in [1.54, 1.807) is 6.20 Å². The quantitative estimate of drug-likeness (QED) is 0.102. The molecule has 1 aromatic heterocycles. The lowest BCUT2D eigenvalue weighted by Gasteiger charge is -2.18. The third-order valence-corrected chi connectivity index (χ3v) is 6.63. The maximum Gasteiger partial charge on any atom is 0.351 e. The molecule has 0 spiro atoms. The highest BCUT2D eigenvalue weighted by Gasteiger charge is 2.36. The molecule has 2 rings (SSSR count). The maximum atomic E-state index is 12.8. The number of carbonyl (C=O) groups excluding carboxylic acids is 2. The smallest absolute Gasteiger partial charge is 0.351 e. The first-order valence-electron chi connectivity index (χ1n) is 13.4. The van der Waals surface area contributed by atoms with Gasteiger partial charge in [0, 0.05) is 45.7 Å². The molecule has 208 valence electrons. The molecule has 0 amide bonds. The lowest BCUT2D eigenvalue weighted by Crippen LogP contribution is -2.28. The SMILES string of the molecule is [2H]CC1OC(n2cc(C)c(NCCCCCCOC(=O)CCC(C)=O)nc2=O)CC1OP(C)OC=NCC. The van der Waals surface area contributed by atoms with Crippen LogP contribution >= 0.6 is 8.38 Å². The molecule has 1 N–H and O–H groups in total. The van der Waals surface area contributed by atoms with Crippen LogP contribution in [0.4, 0.5) is 5.82 Å². The van der Waals surface area contributed by atoms with Gasteiger partial charge in [0.1, 0.15) is 17.8 Å². The third kappa shape index (κ3) is 11.3. The zero-order valence-electron chi connectivity index (χ0n) is 23.3. The van der Waals surface area contributed by atoms with Gasteiger partial charge in [-0.05, 0) is 46.9 Å². The summed E-state index contributed by atoms with van der Waals surface area (Å²) in [5.41, 5.74) is 0.387. The van der Waals surface area contributed by atoms with Crippen molar-refractivity contribution in [2.24, 2.45) is 4.99 Å². The standard InChI is InChI=1S/C25H41N4O7P/c1-6-26-17-34-37(5)36-21-15-22(35-20(21)4)29-16-18(2)24(28-25(29)32)27-13-9-7-8-10-14-33-23(31)12-11-19(3)30/h16-17,20-22H,6-15H2,1-5H3,(H,27,28,32)/i4D. The molecule has 0 saturated carbocycles. The molecule has 37 heavy (non-hydrogen) atoms. The van der Waals surface area contributed by atoms with Crippen LogP contribution in [0.3, 0.4) is 0 Å². The molecule has 1 aliphatic heterocycles. The predicted molar refractivity (Wildman–Crippen MR) is 143 cm³/mol. The lowest BCUT2D eigenvalue weighted by atomic mass is 10.2. The molecule has 12 heteroatoms. The molecule has 1 fully saturated rings. The maximum absolute atomic E-state index is 12.8. The van der Waals surface area contributed by atoms with Crippen molar-refractivity contribution >= 4 is 32.3 Å². The van der Waals surface area contributed by atoms with Crippen molar-refractivity contribution in [1.29, 1.82) is 0 Å². The van der Waals surface area contributed by atoms with Gasteiger partial charge in [-0.2, -0.15) is 4.98 Å². The van der Waals surface area contributed by atoms with Gasteiger partial charge in [-0.15, -0.1) is 0 Å². The fourth-order valence-electron chi connectivity index (χ4n) is 3.65. The van der Waals surface area contributed by atoms with E-state index in [2.05, 4.69) is 15.3 Å². The molecule has 0 aliphatic carbocycles. The first-order chi connectivity index (χ1) is 18.2. The number of unbranched alkanes of at least 4 members (excludes halogenated alkanes) is 3. The number of carbonyl (C=O) groups is 2. The number of ether oxygens (including phenoxy) is 2. The first kappa shape index (κ1) is 29.2. The van der Waals surface area contributed by atoms with E-state index in [-0.39, 0.29) is 37.6 Å². The minimum Gasteiger partial charge on any atom is -0.466 e. The van der Waals surface area contributed by atoms with Crippen LogP contribution in [0.5, 0.6) is 0 Å². The van der Waals surface area contributed by atoms with E-state index >= 15 is 0 Å². The highest BCUT2D eigenvalue weighted by molar-refractivity contribution is 7.46. The molecular formula is C25H41N4O7P. The Balaban J connectivity index is 1.76. The Morgan fingerprint density at radius 3 is 2.86 bits per heavy atom. The van der Waals surface area contributed by atoms with Gasteiger partial charge in [0.15, 0.2) is 6.40 Å². The predicted octanol–water partition coefficient (Wildman–Crippen LogP) is 4.14. The summed E-state index contributed by atoms with van der Waals surface area (Å²) >= 11 is 0. The topological polar surface area (TPSA) is 130 Å². The molecule has 2 heterocycles. The second-order valence-electron chi connectivity index (χ2n) is 8.88. The molecule has 1 aromatic rings. The summed E-state index contributed by atoms with van der Waals surface area (Å²) in [6, 6.07) is 0. The van der Waals surface area contributed by atoms with E-state index in [9.17, 15) is 14.4 Å². The number of nitrogens with zero attached hydrogens (tertiary/aromatic N) is 3. The zero-order chi connectivity index (χ0) is 27.9. The molecule has 11 nitrogen and oxygen atoms in total. The highest BCUT2D eigenvalue weighted by Crippen LogP contribution is 2.41. The number of aryl methyl sites for hydroxylation is 1. The summed E-state index contributed by atoms with van der Waals surface area (Å²) in [6.45, 7) is 8.71. The molecule has 0 aromatic carbocycles. The number of aliphatic imine (C=N–C) groups is 1. The Bertz CT molecular complexity index is 978. The van der Waals surface area contributed by atoms with Crippen LogP contribution in [-0.2, 0) is 28.1 Å². The van der Waals surface area contributed by atoms with Gasteiger partial charge in [0.2, 0.25) is 8.38 Å². The van der Waals surface area contributed by atoms with Gasteiger partial charge in [0.05, 0.1) is 25.2 Å². The molecular weight excluding hydrogens is 499 g/mol. The Hall–Kier alpha value is -2.36. The number of nitrogens with one attached hydrogen (secondary N) is 1. The first-order valence-corrected chi connectivity index (χ1v) is 14.4. The van der Waals surface area contributed by atoms with E-state index in [0.717, 1.165) is 31.2 Å². The number of Topliss-reactive ketones (excluding diaryl/α,β-unsaturated/α-hetero) is 1. The van der Waals surface area contributed by atoms with Crippen LogP contribution in [0.2, 0.25) is 0 Å². The van der Waals surface area contributed by atoms with Crippen molar-refractivity contribution in [3.8, 4) is 0 Å². The number of hydrogen-bond donors (Lipinski definition) is 1. The van der Waals surface area contributed by atoms with Gasteiger partial charge in [-0.25, -0.2) is 4.79 Å². The van der Waals surface area contributed by atoms with Crippen molar-refractivity contribution < 1.29 is 29.5 Å². The lowest BCUT2D eigenvalue weighted by molar-refractivity contribution is -0.144. The van der Waals surface area contributed by atoms with Gasteiger partial charge < -0.3 is 28.6 Å². The fraction of sp³-hybridized carbons (Fsp3) is 0.720. The summed E-state index contributed by atoms with van der Waals surface area (Å²) < 4.78 is 31.8. The van der Waals surface area contributed by atoms with Crippen molar-refractivity contribution in [1.82, 2.24) is 9.55 Å². The number of hydrogen-bond acceptors (Lipinski definition) is 10. The number of esters is 1. The second-order valence-corrected chi connectivity index (χ2v) is 10.2. The summed E-state index contributed by atoms with van der Waals surface area (Å²) in [6.07, 6.45) is 5.99. The minimum atomic E-state index is -1.22. The van der Waals surface area contributed by atoms with Crippen LogP contribution in [0.15, 0.2) is 16.0 Å². The van der Waals surface area contributed by atoms with E-state index < -0.39 is 26.4 Å². The second kappa shape index (κ2) is 16.5. The van der Waals surface area contributed by atoms with Gasteiger partial charge in [-0.3, -0.25) is 14.4 Å².